The van der Waals surface area contributed by atoms with Gasteiger partial charge in [0, 0.05) is 16.8 Å². The van der Waals surface area contributed by atoms with Crippen molar-refractivity contribution < 1.29 is 19.0 Å². The van der Waals surface area contributed by atoms with Gasteiger partial charge in [-0.1, -0.05) is 0 Å². The van der Waals surface area contributed by atoms with Gasteiger partial charge < -0.3 is 19.9 Å². The topological polar surface area (TPSA) is 70.8 Å². The molecule has 0 aromatic heterocycles. The van der Waals surface area contributed by atoms with Crippen LogP contribution in [0.15, 0.2) is 36.4 Å². The van der Waals surface area contributed by atoms with Crippen molar-refractivity contribution in [3.05, 3.63) is 47.5 Å². The molecule has 2 aromatic carbocycles. The molecule has 0 amide bonds. The summed E-state index contributed by atoms with van der Waals surface area (Å²) in [5.74, 6) is 1.19. The number of carbonyl (C=O) groups excluding carboxylic acids is 1. The van der Waals surface area contributed by atoms with Crippen LogP contribution < -0.4 is 19.9 Å². The van der Waals surface area contributed by atoms with E-state index in [4.69, 9.17) is 19.9 Å². The minimum absolute atomic E-state index is 0.144. The number of anilines is 1. The molecule has 5 heteroatoms. The first-order valence-electron chi connectivity index (χ1n) is 6.31. The molecule has 2 N–H and O–H groups in total. The van der Waals surface area contributed by atoms with Crippen LogP contribution in [0.25, 0.3) is 0 Å². The SMILES string of the molecule is COc1cc(C(=O)c2ccc(N)cc2)cc(OC)c1OC. The molecule has 110 valence electrons. The summed E-state index contributed by atoms with van der Waals surface area (Å²) in [6.45, 7) is 0. The van der Waals surface area contributed by atoms with E-state index in [1.807, 2.05) is 0 Å². The van der Waals surface area contributed by atoms with Gasteiger partial charge in [0.05, 0.1) is 21.3 Å². The summed E-state index contributed by atoms with van der Waals surface area (Å²) in [5, 5.41) is 0. The summed E-state index contributed by atoms with van der Waals surface area (Å²) in [4.78, 5) is 12.5. The van der Waals surface area contributed by atoms with Crippen molar-refractivity contribution in [2.75, 3.05) is 27.1 Å². The van der Waals surface area contributed by atoms with E-state index in [0.29, 0.717) is 34.1 Å². The van der Waals surface area contributed by atoms with Crippen molar-refractivity contribution in [1.29, 1.82) is 0 Å². The molecule has 0 aliphatic rings. The standard InChI is InChI=1S/C16H17NO4/c1-19-13-8-11(9-14(20-2)16(13)21-3)15(18)10-4-6-12(17)7-5-10/h4-9H,17H2,1-3H3. The first kappa shape index (κ1) is 14.7. The van der Waals surface area contributed by atoms with Gasteiger partial charge in [0.15, 0.2) is 17.3 Å². The molecule has 0 unspecified atom stereocenters. The highest BCUT2D eigenvalue weighted by molar-refractivity contribution is 6.09. The number of rotatable bonds is 5. The van der Waals surface area contributed by atoms with Gasteiger partial charge in [-0.3, -0.25) is 4.79 Å². The molecule has 5 nitrogen and oxygen atoms in total. The Morgan fingerprint density at radius 2 is 1.38 bits per heavy atom. The summed E-state index contributed by atoms with van der Waals surface area (Å²) < 4.78 is 15.7. The van der Waals surface area contributed by atoms with E-state index in [1.165, 1.54) is 21.3 Å². The Bertz CT molecular complexity index is 625. The van der Waals surface area contributed by atoms with Crippen LogP contribution in [-0.4, -0.2) is 27.1 Å². The van der Waals surface area contributed by atoms with Crippen LogP contribution in [0, 0.1) is 0 Å². The fraction of sp³-hybridized carbons (Fsp3) is 0.188. The Balaban J connectivity index is 2.48. The molecule has 0 spiro atoms. The van der Waals surface area contributed by atoms with Gasteiger partial charge in [0.1, 0.15) is 0 Å². The number of carbonyl (C=O) groups is 1. The number of methoxy groups -OCH3 is 3. The highest BCUT2D eigenvalue weighted by Gasteiger charge is 2.17. The van der Waals surface area contributed by atoms with Crippen molar-refractivity contribution in [1.82, 2.24) is 0 Å². The maximum Gasteiger partial charge on any atom is 0.203 e. The second-order valence-corrected chi connectivity index (χ2v) is 4.37. The quantitative estimate of drug-likeness (QED) is 0.676. The average molecular weight is 287 g/mol. The van der Waals surface area contributed by atoms with E-state index in [0.717, 1.165) is 0 Å². The molecular formula is C16H17NO4. The molecule has 0 heterocycles. The number of ketones is 1. The minimum atomic E-state index is -0.144. The summed E-state index contributed by atoms with van der Waals surface area (Å²) in [7, 11) is 4.53. The van der Waals surface area contributed by atoms with Crippen molar-refractivity contribution in [3.63, 3.8) is 0 Å². The lowest BCUT2D eigenvalue weighted by Gasteiger charge is -2.13. The van der Waals surface area contributed by atoms with Crippen LogP contribution in [0.1, 0.15) is 15.9 Å². The Morgan fingerprint density at radius 3 is 1.81 bits per heavy atom. The van der Waals surface area contributed by atoms with Gasteiger partial charge in [-0.05, 0) is 36.4 Å². The first-order valence-corrected chi connectivity index (χ1v) is 6.31. The van der Waals surface area contributed by atoms with Crippen LogP contribution >= 0.6 is 0 Å². The van der Waals surface area contributed by atoms with E-state index in [9.17, 15) is 4.79 Å². The van der Waals surface area contributed by atoms with Crippen LogP contribution in [0.4, 0.5) is 5.69 Å². The summed E-state index contributed by atoms with van der Waals surface area (Å²) in [5.41, 5.74) is 7.23. The van der Waals surface area contributed by atoms with Gasteiger partial charge in [-0.15, -0.1) is 0 Å². The van der Waals surface area contributed by atoms with Gasteiger partial charge in [0.25, 0.3) is 0 Å². The van der Waals surface area contributed by atoms with E-state index < -0.39 is 0 Å². The number of ether oxygens (including phenoxy) is 3. The molecule has 0 aliphatic carbocycles. The van der Waals surface area contributed by atoms with E-state index in [1.54, 1.807) is 36.4 Å². The lowest BCUT2D eigenvalue weighted by Crippen LogP contribution is -2.04. The van der Waals surface area contributed by atoms with Crippen LogP contribution in [0.3, 0.4) is 0 Å². The molecule has 0 saturated heterocycles. The highest BCUT2D eigenvalue weighted by Crippen LogP contribution is 2.38. The van der Waals surface area contributed by atoms with Crippen LogP contribution in [0.2, 0.25) is 0 Å². The van der Waals surface area contributed by atoms with E-state index in [2.05, 4.69) is 0 Å². The maximum absolute atomic E-state index is 12.5. The highest BCUT2D eigenvalue weighted by atomic mass is 16.5. The maximum atomic E-state index is 12.5. The third kappa shape index (κ3) is 2.91. The molecule has 0 fully saturated rings. The fourth-order valence-corrected chi connectivity index (χ4v) is 2.01. The van der Waals surface area contributed by atoms with Crippen molar-refractivity contribution in [2.24, 2.45) is 0 Å². The second kappa shape index (κ2) is 6.17. The Hall–Kier alpha value is -2.69. The molecule has 2 rings (SSSR count). The van der Waals surface area contributed by atoms with Crippen molar-refractivity contribution in [2.45, 2.75) is 0 Å². The summed E-state index contributed by atoms with van der Waals surface area (Å²) in [6.07, 6.45) is 0. The Labute approximate surface area is 123 Å². The number of hydrogen-bond donors (Lipinski definition) is 1. The third-order valence-corrected chi connectivity index (χ3v) is 3.10. The Morgan fingerprint density at radius 1 is 0.857 bits per heavy atom. The molecule has 0 atom stereocenters. The molecular weight excluding hydrogens is 270 g/mol. The number of hydrogen-bond acceptors (Lipinski definition) is 5. The van der Waals surface area contributed by atoms with E-state index in [-0.39, 0.29) is 5.78 Å². The van der Waals surface area contributed by atoms with Crippen molar-refractivity contribution >= 4 is 11.5 Å². The lowest BCUT2D eigenvalue weighted by atomic mass is 10.0. The van der Waals surface area contributed by atoms with Gasteiger partial charge >= 0.3 is 0 Å². The molecule has 0 aliphatic heterocycles. The summed E-state index contributed by atoms with van der Waals surface area (Å²) in [6, 6.07) is 9.98. The monoisotopic (exact) mass is 287 g/mol. The minimum Gasteiger partial charge on any atom is -0.493 e. The van der Waals surface area contributed by atoms with E-state index >= 15 is 0 Å². The summed E-state index contributed by atoms with van der Waals surface area (Å²) >= 11 is 0. The molecule has 21 heavy (non-hydrogen) atoms. The van der Waals surface area contributed by atoms with Gasteiger partial charge in [-0.25, -0.2) is 0 Å². The molecule has 0 saturated carbocycles. The van der Waals surface area contributed by atoms with Crippen molar-refractivity contribution in [3.8, 4) is 17.2 Å². The van der Waals surface area contributed by atoms with Crippen LogP contribution in [-0.2, 0) is 0 Å². The van der Waals surface area contributed by atoms with Gasteiger partial charge in [0.2, 0.25) is 5.75 Å². The number of nitrogens with two attached hydrogens (primary N) is 1. The second-order valence-electron chi connectivity index (χ2n) is 4.37. The predicted octanol–water partition coefficient (Wildman–Crippen LogP) is 2.53. The van der Waals surface area contributed by atoms with Gasteiger partial charge in [-0.2, -0.15) is 0 Å². The number of nitrogen functional groups attached to an aromatic ring is 1. The van der Waals surface area contributed by atoms with Crippen LogP contribution in [0.5, 0.6) is 17.2 Å². The first-order chi connectivity index (χ1) is 10.1. The zero-order valence-corrected chi connectivity index (χ0v) is 12.2. The number of benzene rings is 2. The largest absolute Gasteiger partial charge is 0.493 e. The molecule has 0 radical (unpaired) electrons. The smallest absolute Gasteiger partial charge is 0.203 e. The zero-order valence-electron chi connectivity index (χ0n) is 12.2. The predicted molar refractivity (Wildman–Crippen MR) is 80.4 cm³/mol. The molecule has 0 bridgehead atoms. The normalized spacial score (nSPS) is 10.0. The average Bonchev–Trinajstić information content (AvgIpc) is 2.53. The Kier molecular flexibility index (Phi) is 4.33. The zero-order chi connectivity index (χ0) is 15.4. The fourth-order valence-electron chi connectivity index (χ4n) is 2.01. The molecule has 2 aromatic rings. The lowest BCUT2D eigenvalue weighted by molar-refractivity contribution is 0.103. The third-order valence-electron chi connectivity index (χ3n) is 3.10.